The Hall–Kier alpha value is -2.46. The Labute approximate surface area is 152 Å². The molecule has 1 aromatic carbocycles. The molecule has 126 valence electrons. The van der Waals surface area contributed by atoms with E-state index in [2.05, 4.69) is 24.0 Å². The van der Waals surface area contributed by atoms with E-state index in [1.807, 2.05) is 46.7 Å². The third-order valence-electron chi connectivity index (χ3n) is 4.81. The van der Waals surface area contributed by atoms with Crippen molar-refractivity contribution in [3.8, 4) is 11.1 Å². The van der Waals surface area contributed by atoms with Gasteiger partial charge in [-0.05, 0) is 37.5 Å². The van der Waals surface area contributed by atoms with Gasteiger partial charge in [0, 0.05) is 28.6 Å². The number of pyridine rings is 1. The van der Waals surface area contributed by atoms with E-state index in [1.54, 1.807) is 17.5 Å². The van der Waals surface area contributed by atoms with E-state index >= 15 is 0 Å². The van der Waals surface area contributed by atoms with Gasteiger partial charge in [0.1, 0.15) is 0 Å². The van der Waals surface area contributed by atoms with E-state index in [0.717, 1.165) is 41.8 Å². The molecule has 0 N–H and O–H groups in total. The first-order chi connectivity index (χ1) is 12.3. The highest BCUT2D eigenvalue weighted by molar-refractivity contribution is 7.10. The van der Waals surface area contributed by atoms with E-state index in [0.29, 0.717) is 0 Å². The number of likely N-dealkylation sites (tertiary alicyclic amines) is 1. The van der Waals surface area contributed by atoms with E-state index in [-0.39, 0.29) is 11.9 Å². The van der Waals surface area contributed by atoms with Crippen LogP contribution in [-0.2, 0) is 0 Å². The van der Waals surface area contributed by atoms with Crippen LogP contribution in [0.5, 0.6) is 0 Å². The summed E-state index contributed by atoms with van der Waals surface area (Å²) in [5.74, 6) is 0.122. The zero-order valence-corrected chi connectivity index (χ0v) is 15.0. The van der Waals surface area contributed by atoms with Crippen LogP contribution in [0, 0.1) is 6.92 Å². The lowest BCUT2D eigenvalue weighted by Gasteiger charge is -2.24. The van der Waals surface area contributed by atoms with Crippen molar-refractivity contribution in [3.63, 3.8) is 0 Å². The molecule has 1 unspecified atom stereocenters. The van der Waals surface area contributed by atoms with Gasteiger partial charge in [-0.2, -0.15) is 0 Å². The molecule has 4 heteroatoms. The second-order valence-electron chi connectivity index (χ2n) is 6.36. The molecule has 1 fully saturated rings. The summed E-state index contributed by atoms with van der Waals surface area (Å²) in [6, 6.07) is 16.2. The summed E-state index contributed by atoms with van der Waals surface area (Å²) in [4.78, 5) is 21.0. The molecule has 1 amide bonds. The van der Waals surface area contributed by atoms with Crippen molar-refractivity contribution in [1.29, 1.82) is 0 Å². The quantitative estimate of drug-likeness (QED) is 0.660. The number of amides is 1. The van der Waals surface area contributed by atoms with Crippen molar-refractivity contribution >= 4 is 17.2 Å². The fraction of sp³-hybridized carbons (Fsp3) is 0.238. The van der Waals surface area contributed by atoms with Gasteiger partial charge in [0.2, 0.25) is 0 Å². The Balaban J connectivity index is 1.70. The number of carbonyl (C=O) groups is 1. The molecule has 0 radical (unpaired) electrons. The maximum atomic E-state index is 13.3. The van der Waals surface area contributed by atoms with Gasteiger partial charge >= 0.3 is 0 Å². The van der Waals surface area contributed by atoms with Crippen LogP contribution in [0.3, 0.4) is 0 Å². The first-order valence-corrected chi connectivity index (χ1v) is 9.49. The van der Waals surface area contributed by atoms with Gasteiger partial charge in [0.15, 0.2) is 0 Å². The number of aromatic nitrogens is 1. The molecule has 1 aliphatic heterocycles. The van der Waals surface area contributed by atoms with E-state index in [4.69, 9.17) is 0 Å². The van der Waals surface area contributed by atoms with Gasteiger partial charge in [-0.1, -0.05) is 36.4 Å². The number of aryl methyl sites for hydroxylation is 1. The minimum Gasteiger partial charge on any atom is -0.330 e. The smallest absolute Gasteiger partial charge is 0.255 e. The van der Waals surface area contributed by atoms with Gasteiger partial charge in [0.05, 0.1) is 17.3 Å². The molecule has 2 aromatic heterocycles. The first kappa shape index (κ1) is 16.0. The minimum atomic E-state index is 0.0810. The fourth-order valence-corrected chi connectivity index (χ4v) is 4.48. The molecular weight excluding hydrogens is 328 g/mol. The maximum absolute atomic E-state index is 13.3. The highest BCUT2D eigenvalue weighted by Crippen LogP contribution is 2.37. The Morgan fingerprint density at radius 3 is 2.72 bits per heavy atom. The van der Waals surface area contributed by atoms with Gasteiger partial charge in [-0.3, -0.25) is 9.78 Å². The second kappa shape index (κ2) is 6.81. The molecule has 0 aliphatic carbocycles. The highest BCUT2D eigenvalue weighted by atomic mass is 32.1. The molecule has 25 heavy (non-hydrogen) atoms. The van der Waals surface area contributed by atoms with Crippen molar-refractivity contribution in [2.24, 2.45) is 0 Å². The second-order valence-corrected chi connectivity index (χ2v) is 7.44. The van der Waals surface area contributed by atoms with Crippen LogP contribution in [0.1, 0.15) is 39.8 Å². The van der Waals surface area contributed by atoms with Gasteiger partial charge < -0.3 is 4.90 Å². The molecule has 1 aliphatic rings. The number of nitrogens with zero attached hydrogens (tertiary/aromatic N) is 2. The topological polar surface area (TPSA) is 33.2 Å². The summed E-state index contributed by atoms with van der Waals surface area (Å²) in [7, 11) is 0. The predicted octanol–water partition coefficient (Wildman–Crippen LogP) is 5.10. The molecule has 3 heterocycles. The van der Waals surface area contributed by atoms with E-state index in [1.165, 1.54) is 4.88 Å². The van der Waals surface area contributed by atoms with Gasteiger partial charge in [0.25, 0.3) is 5.91 Å². The maximum Gasteiger partial charge on any atom is 0.255 e. The SMILES string of the molecule is Cc1scc(C(=O)N2CCCC2c2ccccn2)c1-c1ccccc1. The normalized spacial score (nSPS) is 17.0. The van der Waals surface area contributed by atoms with Crippen LogP contribution in [0.4, 0.5) is 0 Å². The third kappa shape index (κ3) is 2.98. The lowest BCUT2D eigenvalue weighted by Crippen LogP contribution is -2.31. The van der Waals surface area contributed by atoms with Crippen LogP contribution in [-0.4, -0.2) is 22.3 Å². The van der Waals surface area contributed by atoms with Crippen molar-refractivity contribution in [1.82, 2.24) is 9.88 Å². The number of thiophene rings is 1. The van der Waals surface area contributed by atoms with Crippen molar-refractivity contribution in [2.45, 2.75) is 25.8 Å². The van der Waals surface area contributed by atoms with Crippen LogP contribution < -0.4 is 0 Å². The molecule has 1 saturated heterocycles. The molecule has 0 spiro atoms. The lowest BCUT2D eigenvalue weighted by molar-refractivity contribution is 0.0734. The monoisotopic (exact) mass is 348 g/mol. The Morgan fingerprint density at radius 1 is 1.16 bits per heavy atom. The Kier molecular flexibility index (Phi) is 4.36. The minimum absolute atomic E-state index is 0.0810. The Bertz CT molecular complexity index is 873. The molecule has 1 atom stereocenters. The lowest BCUT2D eigenvalue weighted by atomic mass is 10.0. The first-order valence-electron chi connectivity index (χ1n) is 8.61. The zero-order valence-electron chi connectivity index (χ0n) is 14.2. The molecule has 4 rings (SSSR count). The van der Waals surface area contributed by atoms with Crippen LogP contribution in [0.25, 0.3) is 11.1 Å². The van der Waals surface area contributed by atoms with Crippen LogP contribution in [0.15, 0.2) is 60.1 Å². The molecule has 3 nitrogen and oxygen atoms in total. The average molecular weight is 348 g/mol. The summed E-state index contributed by atoms with van der Waals surface area (Å²) >= 11 is 1.65. The standard InChI is InChI=1S/C21H20N2OS/c1-15-20(16-8-3-2-4-9-16)17(14-25-15)21(24)23-13-7-11-19(23)18-10-5-6-12-22-18/h2-6,8-10,12,14,19H,7,11,13H2,1H3. The van der Waals surface area contributed by atoms with Crippen molar-refractivity contribution in [3.05, 3.63) is 76.2 Å². The summed E-state index contributed by atoms with van der Waals surface area (Å²) in [5.41, 5.74) is 3.98. The number of benzene rings is 1. The molecule has 0 bridgehead atoms. The molecule has 0 saturated carbocycles. The number of hydrogen-bond donors (Lipinski definition) is 0. The zero-order chi connectivity index (χ0) is 17.2. The van der Waals surface area contributed by atoms with Crippen molar-refractivity contribution in [2.75, 3.05) is 6.54 Å². The third-order valence-corrected chi connectivity index (χ3v) is 5.72. The molecule has 3 aromatic rings. The van der Waals surface area contributed by atoms with Crippen LogP contribution >= 0.6 is 11.3 Å². The van der Waals surface area contributed by atoms with E-state index in [9.17, 15) is 4.79 Å². The average Bonchev–Trinajstić information content (AvgIpc) is 3.29. The summed E-state index contributed by atoms with van der Waals surface area (Å²) in [6.07, 6.45) is 3.81. The highest BCUT2D eigenvalue weighted by Gasteiger charge is 2.33. The van der Waals surface area contributed by atoms with Crippen LogP contribution in [0.2, 0.25) is 0 Å². The summed E-state index contributed by atoms with van der Waals surface area (Å²) < 4.78 is 0. The Morgan fingerprint density at radius 2 is 1.96 bits per heavy atom. The van der Waals surface area contributed by atoms with Gasteiger partial charge in [-0.25, -0.2) is 0 Å². The summed E-state index contributed by atoms with van der Waals surface area (Å²) in [6.45, 7) is 2.88. The number of hydrogen-bond acceptors (Lipinski definition) is 3. The van der Waals surface area contributed by atoms with E-state index < -0.39 is 0 Å². The number of rotatable bonds is 3. The summed E-state index contributed by atoms with van der Waals surface area (Å²) in [5, 5.41) is 2.01. The van der Waals surface area contributed by atoms with Crippen molar-refractivity contribution < 1.29 is 4.79 Å². The largest absolute Gasteiger partial charge is 0.330 e. The predicted molar refractivity (Wildman–Crippen MR) is 102 cm³/mol. The fourth-order valence-electron chi connectivity index (χ4n) is 3.62. The molecular formula is C21H20N2OS. The van der Waals surface area contributed by atoms with Gasteiger partial charge in [-0.15, -0.1) is 11.3 Å². The number of carbonyl (C=O) groups excluding carboxylic acids is 1.